The van der Waals surface area contributed by atoms with Gasteiger partial charge in [0.1, 0.15) is 5.78 Å². The van der Waals surface area contributed by atoms with Gasteiger partial charge in [0.2, 0.25) is 0 Å². The summed E-state index contributed by atoms with van der Waals surface area (Å²) < 4.78 is 6.03. The first-order valence-corrected chi connectivity index (χ1v) is 12.3. The zero-order valence-corrected chi connectivity index (χ0v) is 19.7. The van der Waals surface area contributed by atoms with Crippen LogP contribution >= 0.6 is 0 Å². The maximum absolute atomic E-state index is 12.9. The number of hydrogen-bond acceptors (Lipinski definition) is 3. The van der Waals surface area contributed by atoms with Gasteiger partial charge >= 0.3 is 0 Å². The Labute approximate surface area is 178 Å². The summed E-state index contributed by atoms with van der Waals surface area (Å²) in [6.45, 7) is 13.9. The molecule has 29 heavy (non-hydrogen) atoms. The van der Waals surface area contributed by atoms with E-state index in [0.29, 0.717) is 35.6 Å². The molecule has 0 radical (unpaired) electrons. The third kappa shape index (κ3) is 3.25. The number of rotatable bonds is 4. The van der Waals surface area contributed by atoms with Gasteiger partial charge in [0.05, 0.1) is 6.61 Å². The average molecular weight is 405 g/mol. The molecule has 4 fully saturated rings. The van der Waals surface area contributed by atoms with E-state index in [0.717, 1.165) is 31.1 Å². The minimum absolute atomic E-state index is 0.134. The molecule has 6 unspecified atom stereocenters. The molecular formula is C26H44O3. The van der Waals surface area contributed by atoms with Crippen molar-refractivity contribution in [2.75, 3.05) is 6.61 Å². The average Bonchev–Trinajstić information content (AvgIpc) is 2.95. The Bertz CT molecular complexity index is 651. The summed E-state index contributed by atoms with van der Waals surface area (Å²) in [7, 11) is 0. The largest absolute Gasteiger partial charge is 0.366 e. The monoisotopic (exact) mass is 404 g/mol. The van der Waals surface area contributed by atoms with Gasteiger partial charge in [-0.05, 0) is 99.2 Å². The number of hydrogen-bond donors (Lipinski definition) is 1. The van der Waals surface area contributed by atoms with Crippen molar-refractivity contribution in [3.63, 3.8) is 0 Å². The summed E-state index contributed by atoms with van der Waals surface area (Å²) in [5.74, 6) is 2.62. The second kappa shape index (κ2) is 7.05. The minimum atomic E-state index is -1.09. The zero-order chi connectivity index (χ0) is 21.2. The highest BCUT2D eigenvalue weighted by atomic mass is 16.6. The fraction of sp³-hybridized carbons (Fsp3) is 0.962. The van der Waals surface area contributed by atoms with Gasteiger partial charge in [0.25, 0.3) is 0 Å². The summed E-state index contributed by atoms with van der Waals surface area (Å²) >= 11 is 0. The number of carbonyl (C=O) groups is 1. The van der Waals surface area contributed by atoms with E-state index < -0.39 is 5.79 Å². The Balaban J connectivity index is 1.72. The molecule has 0 spiro atoms. The Morgan fingerprint density at radius 1 is 1.07 bits per heavy atom. The molecule has 166 valence electrons. The van der Waals surface area contributed by atoms with E-state index in [9.17, 15) is 9.90 Å². The van der Waals surface area contributed by atoms with E-state index in [1.165, 1.54) is 38.5 Å². The van der Waals surface area contributed by atoms with Crippen molar-refractivity contribution in [2.45, 2.75) is 105 Å². The third-order valence-corrected chi connectivity index (χ3v) is 10.6. The molecule has 0 aromatic heterocycles. The van der Waals surface area contributed by atoms with E-state index in [-0.39, 0.29) is 10.8 Å². The highest BCUT2D eigenvalue weighted by Gasteiger charge is 2.67. The van der Waals surface area contributed by atoms with Crippen LogP contribution in [0.2, 0.25) is 0 Å². The number of ketones is 1. The van der Waals surface area contributed by atoms with Gasteiger partial charge in [-0.1, -0.05) is 34.1 Å². The maximum atomic E-state index is 12.9. The van der Waals surface area contributed by atoms with Gasteiger partial charge < -0.3 is 9.84 Å². The number of ether oxygens (including phenoxy) is 1. The standard InChI is InChI=1S/C26H44O3/c1-7-17-10-12-24(4)18(14-17)15-19(16-29-23(2,3)28)26(6)20-8-9-22(27)25(20,5)13-11-21(24)26/h17-21,28H,7-16H2,1-6H3/t17?,18?,19?,20-,21?,24+,25?,26?/m1/s1. The summed E-state index contributed by atoms with van der Waals surface area (Å²) in [5, 5.41) is 10.3. The molecule has 0 saturated heterocycles. The van der Waals surface area contributed by atoms with E-state index in [2.05, 4.69) is 27.7 Å². The number of carbonyl (C=O) groups excluding carboxylic acids is 1. The molecule has 0 heterocycles. The number of aliphatic hydroxyl groups is 1. The van der Waals surface area contributed by atoms with Crippen LogP contribution in [0.1, 0.15) is 99.3 Å². The molecule has 0 bridgehead atoms. The molecule has 4 aliphatic rings. The smallest absolute Gasteiger partial charge is 0.159 e. The van der Waals surface area contributed by atoms with Crippen LogP contribution in [0.15, 0.2) is 0 Å². The molecule has 0 aromatic carbocycles. The van der Waals surface area contributed by atoms with E-state index >= 15 is 0 Å². The van der Waals surface area contributed by atoms with Gasteiger partial charge in [-0.25, -0.2) is 0 Å². The predicted molar refractivity (Wildman–Crippen MR) is 116 cm³/mol. The van der Waals surface area contributed by atoms with Crippen LogP contribution < -0.4 is 0 Å². The van der Waals surface area contributed by atoms with Crippen molar-refractivity contribution in [1.82, 2.24) is 0 Å². The first kappa shape index (κ1) is 21.8. The summed E-state index contributed by atoms with van der Waals surface area (Å²) in [6.07, 6.45) is 10.7. The lowest BCUT2D eigenvalue weighted by Crippen LogP contribution is -2.63. The predicted octanol–water partition coefficient (Wildman–Crippen LogP) is 5.99. The molecule has 0 amide bonds. The van der Waals surface area contributed by atoms with Crippen LogP contribution in [0.25, 0.3) is 0 Å². The molecule has 3 nitrogen and oxygen atoms in total. The van der Waals surface area contributed by atoms with E-state index in [1.807, 2.05) is 0 Å². The minimum Gasteiger partial charge on any atom is -0.366 e. The molecular weight excluding hydrogens is 360 g/mol. The summed E-state index contributed by atoms with van der Waals surface area (Å²) in [6, 6.07) is 0. The maximum Gasteiger partial charge on any atom is 0.159 e. The van der Waals surface area contributed by atoms with Crippen LogP contribution in [0.3, 0.4) is 0 Å². The molecule has 0 aliphatic heterocycles. The van der Waals surface area contributed by atoms with Crippen molar-refractivity contribution >= 4 is 5.78 Å². The molecule has 8 atom stereocenters. The molecule has 4 rings (SSSR count). The van der Waals surface area contributed by atoms with Crippen molar-refractivity contribution in [3.8, 4) is 0 Å². The molecule has 3 heteroatoms. The Kier molecular flexibility index (Phi) is 5.30. The topological polar surface area (TPSA) is 46.5 Å². The first-order valence-electron chi connectivity index (χ1n) is 12.3. The SMILES string of the molecule is CCC1CC[C@@]2(C)C(C1)CC(COC(C)(C)O)C1(C)C2CCC2(C)C(=O)CC[C@H]21. The second-order valence-corrected chi connectivity index (χ2v) is 12.3. The van der Waals surface area contributed by atoms with Crippen molar-refractivity contribution in [3.05, 3.63) is 0 Å². The van der Waals surface area contributed by atoms with Crippen LogP contribution in [-0.4, -0.2) is 23.3 Å². The number of Topliss-reactive ketones (excluding diaryl/α,β-unsaturated/α-hetero) is 1. The van der Waals surface area contributed by atoms with Crippen LogP contribution in [0, 0.1) is 45.8 Å². The highest BCUT2D eigenvalue weighted by Crippen LogP contribution is 2.72. The van der Waals surface area contributed by atoms with Crippen LogP contribution in [0.5, 0.6) is 0 Å². The quantitative estimate of drug-likeness (QED) is 0.586. The third-order valence-electron chi connectivity index (χ3n) is 10.6. The lowest BCUT2D eigenvalue weighted by atomic mass is 9.37. The molecule has 4 saturated carbocycles. The molecule has 0 aromatic rings. The number of fused-ring (bicyclic) bond motifs is 5. The van der Waals surface area contributed by atoms with Gasteiger partial charge in [-0.3, -0.25) is 4.79 Å². The van der Waals surface area contributed by atoms with Crippen molar-refractivity contribution in [1.29, 1.82) is 0 Å². The zero-order valence-electron chi connectivity index (χ0n) is 19.7. The second-order valence-electron chi connectivity index (χ2n) is 12.3. The lowest BCUT2D eigenvalue weighted by molar-refractivity contribution is -0.236. The van der Waals surface area contributed by atoms with E-state index in [1.54, 1.807) is 13.8 Å². The van der Waals surface area contributed by atoms with Crippen molar-refractivity contribution < 1.29 is 14.6 Å². The Morgan fingerprint density at radius 3 is 2.45 bits per heavy atom. The van der Waals surface area contributed by atoms with Gasteiger partial charge in [0, 0.05) is 11.8 Å². The summed E-state index contributed by atoms with van der Waals surface area (Å²) in [5.41, 5.74) is 0.398. The Hall–Kier alpha value is -0.410. The fourth-order valence-electron chi connectivity index (χ4n) is 8.85. The lowest BCUT2D eigenvalue weighted by Gasteiger charge is -2.68. The van der Waals surface area contributed by atoms with Gasteiger partial charge in [-0.15, -0.1) is 0 Å². The van der Waals surface area contributed by atoms with Crippen LogP contribution in [-0.2, 0) is 9.53 Å². The van der Waals surface area contributed by atoms with E-state index in [4.69, 9.17) is 4.74 Å². The van der Waals surface area contributed by atoms with Gasteiger partial charge in [-0.2, -0.15) is 0 Å². The first-order chi connectivity index (χ1) is 13.4. The van der Waals surface area contributed by atoms with Gasteiger partial charge in [0.15, 0.2) is 5.79 Å². The molecule has 1 N–H and O–H groups in total. The normalized spacial score (nSPS) is 50.0. The fourth-order valence-corrected chi connectivity index (χ4v) is 8.85. The summed E-state index contributed by atoms with van der Waals surface area (Å²) in [4.78, 5) is 12.9. The Morgan fingerprint density at radius 2 is 1.79 bits per heavy atom. The van der Waals surface area contributed by atoms with Crippen LogP contribution in [0.4, 0.5) is 0 Å². The highest BCUT2D eigenvalue weighted by molar-refractivity contribution is 5.87. The molecule has 4 aliphatic carbocycles. The van der Waals surface area contributed by atoms with Crippen molar-refractivity contribution in [2.24, 2.45) is 45.8 Å².